The van der Waals surface area contributed by atoms with Gasteiger partial charge in [-0.05, 0) is 31.5 Å². The van der Waals surface area contributed by atoms with Crippen molar-refractivity contribution in [3.05, 3.63) is 23.8 Å². The molecule has 0 unspecified atom stereocenters. The van der Waals surface area contributed by atoms with Gasteiger partial charge in [0.2, 0.25) is 5.91 Å². The second-order valence-electron chi connectivity index (χ2n) is 3.99. The van der Waals surface area contributed by atoms with Crippen LogP contribution < -0.4 is 20.5 Å². The van der Waals surface area contributed by atoms with E-state index in [-0.39, 0.29) is 5.91 Å². The molecule has 1 amide bonds. The van der Waals surface area contributed by atoms with Crippen LogP contribution in [0.2, 0.25) is 0 Å². The van der Waals surface area contributed by atoms with Crippen molar-refractivity contribution in [1.82, 2.24) is 5.32 Å². The van der Waals surface area contributed by atoms with Crippen LogP contribution >= 0.6 is 0 Å². The largest absolute Gasteiger partial charge is 0.490 e. The summed E-state index contributed by atoms with van der Waals surface area (Å²) < 4.78 is 11.2. The average Bonchev–Trinajstić information content (AvgIpc) is 2.42. The van der Waals surface area contributed by atoms with E-state index in [0.29, 0.717) is 37.7 Å². The lowest BCUT2D eigenvalue weighted by Crippen LogP contribution is -2.20. The van der Waals surface area contributed by atoms with Crippen molar-refractivity contribution in [1.29, 1.82) is 0 Å². The minimum Gasteiger partial charge on any atom is -0.490 e. The zero-order valence-electron chi connectivity index (χ0n) is 11.6. The number of ether oxygens (including phenoxy) is 2. The van der Waals surface area contributed by atoms with E-state index in [1.54, 1.807) is 7.05 Å². The Bertz CT molecular complexity index is 383. The summed E-state index contributed by atoms with van der Waals surface area (Å²) in [5, 5.41) is 2.56. The summed E-state index contributed by atoms with van der Waals surface area (Å²) >= 11 is 0. The van der Waals surface area contributed by atoms with Crippen molar-refractivity contribution in [2.75, 3.05) is 26.8 Å². The van der Waals surface area contributed by atoms with Gasteiger partial charge in [-0.2, -0.15) is 0 Å². The predicted molar refractivity (Wildman–Crippen MR) is 74.5 cm³/mol. The molecule has 0 spiro atoms. The Kier molecular flexibility index (Phi) is 6.74. The van der Waals surface area contributed by atoms with Gasteiger partial charge in [-0.1, -0.05) is 12.1 Å². The van der Waals surface area contributed by atoms with Crippen LogP contribution in [-0.2, 0) is 11.2 Å². The van der Waals surface area contributed by atoms with Crippen LogP contribution in [0.25, 0.3) is 0 Å². The van der Waals surface area contributed by atoms with Crippen molar-refractivity contribution in [3.8, 4) is 11.5 Å². The maximum atomic E-state index is 11.2. The lowest BCUT2D eigenvalue weighted by molar-refractivity contribution is -0.121. The van der Waals surface area contributed by atoms with Crippen LogP contribution in [0, 0.1) is 0 Å². The van der Waals surface area contributed by atoms with Gasteiger partial charge >= 0.3 is 0 Å². The molecule has 0 aliphatic carbocycles. The molecule has 1 aromatic rings. The van der Waals surface area contributed by atoms with Gasteiger partial charge in [0, 0.05) is 7.05 Å². The maximum absolute atomic E-state index is 11.2. The van der Waals surface area contributed by atoms with Crippen LogP contribution in [-0.4, -0.2) is 32.7 Å². The molecular formula is C14H22N2O3. The van der Waals surface area contributed by atoms with Crippen LogP contribution in [0.5, 0.6) is 11.5 Å². The summed E-state index contributed by atoms with van der Waals surface area (Å²) in [6.07, 6.45) is 1.04. The number of carbonyl (C=O) groups excluding carboxylic acids is 1. The summed E-state index contributed by atoms with van der Waals surface area (Å²) in [6, 6.07) is 5.74. The Labute approximate surface area is 114 Å². The van der Waals surface area contributed by atoms with E-state index < -0.39 is 0 Å². The quantitative estimate of drug-likeness (QED) is 0.739. The fraction of sp³-hybridized carbons (Fsp3) is 0.500. The van der Waals surface area contributed by atoms with Gasteiger partial charge in [0.05, 0.1) is 19.6 Å². The molecule has 0 aromatic heterocycles. The van der Waals surface area contributed by atoms with E-state index in [1.807, 2.05) is 25.1 Å². The second kappa shape index (κ2) is 8.37. The molecule has 5 nitrogen and oxygen atoms in total. The summed E-state index contributed by atoms with van der Waals surface area (Å²) in [7, 11) is 1.61. The van der Waals surface area contributed by atoms with Crippen molar-refractivity contribution in [2.24, 2.45) is 5.73 Å². The molecule has 1 rings (SSSR count). The number of amides is 1. The van der Waals surface area contributed by atoms with E-state index in [1.165, 1.54) is 0 Å². The molecule has 5 heteroatoms. The number of carbonyl (C=O) groups is 1. The number of nitrogens with two attached hydrogens (primary N) is 1. The minimum atomic E-state index is -0.0470. The monoisotopic (exact) mass is 266 g/mol. The third-order valence-corrected chi connectivity index (χ3v) is 2.63. The molecule has 0 heterocycles. The Hall–Kier alpha value is -1.75. The lowest BCUT2D eigenvalue weighted by atomic mass is 10.1. The molecule has 0 saturated carbocycles. The first kappa shape index (κ1) is 15.3. The fourth-order valence-electron chi connectivity index (χ4n) is 1.72. The van der Waals surface area contributed by atoms with Gasteiger partial charge in [0.15, 0.2) is 11.5 Å². The summed E-state index contributed by atoms with van der Waals surface area (Å²) in [5.74, 6) is 1.35. The molecule has 106 valence electrons. The van der Waals surface area contributed by atoms with Gasteiger partial charge in [-0.3, -0.25) is 4.79 Å². The third kappa shape index (κ3) is 4.79. The van der Waals surface area contributed by atoms with Gasteiger partial charge < -0.3 is 20.5 Å². The smallest absolute Gasteiger partial charge is 0.223 e. The third-order valence-electron chi connectivity index (χ3n) is 2.63. The molecule has 0 radical (unpaired) electrons. The molecule has 3 N–H and O–H groups in total. The van der Waals surface area contributed by atoms with E-state index in [0.717, 1.165) is 12.0 Å². The van der Waals surface area contributed by atoms with Gasteiger partial charge in [0.1, 0.15) is 0 Å². The minimum absolute atomic E-state index is 0.0470. The standard InChI is InChI=1S/C14H22N2O3/c1-3-18-12-6-4-5-11(7-9-15)14(12)19-10-8-13(17)16-2/h4-6H,3,7-10,15H2,1-2H3,(H,16,17). The Morgan fingerprint density at radius 1 is 1.37 bits per heavy atom. The zero-order chi connectivity index (χ0) is 14.1. The number of hydrogen-bond acceptors (Lipinski definition) is 4. The highest BCUT2D eigenvalue weighted by Crippen LogP contribution is 2.31. The normalized spacial score (nSPS) is 10.1. The maximum Gasteiger partial charge on any atom is 0.223 e. The van der Waals surface area contributed by atoms with E-state index in [4.69, 9.17) is 15.2 Å². The molecule has 1 aromatic carbocycles. The predicted octanol–water partition coefficient (Wildman–Crippen LogP) is 1.10. The van der Waals surface area contributed by atoms with Gasteiger partial charge in [-0.15, -0.1) is 0 Å². The fourth-order valence-corrected chi connectivity index (χ4v) is 1.72. The summed E-state index contributed by atoms with van der Waals surface area (Å²) in [6.45, 7) is 3.35. The Morgan fingerprint density at radius 3 is 2.79 bits per heavy atom. The first-order valence-corrected chi connectivity index (χ1v) is 6.51. The first-order chi connectivity index (χ1) is 9.22. The highest BCUT2D eigenvalue weighted by Gasteiger charge is 2.11. The van der Waals surface area contributed by atoms with Crippen molar-refractivity contribution < 1.29 is 14.3 Å². The molecule has 0 aliphatic heterocycles. The first-order valence-electron chi connectivity index (χ1n) is 6.51. The van der Waals surface area contributed by atoms with Crippen LogP contribution in [0.3, 0.4) is 0 Å². The van der Waals surface area contributed by atoms with E-state index >= 15 is 0 Å². The zero-order valence-corrected chi connectivity index (χ0v) is 11.6. The molecule has 0 fully saturated rings. The number of hydrogen-bond donors (Lipinski definition) is 2. The number of rotatable bonds is 8. The lowest BCUT2D eigenvalue weighted by Gasteiger charge is -2.15. The van der Waals surface area contributed by atoms with Crippen molar-refractivity contribution in [3.63, 3.8) is 0 Å². The number of benzene rings is 1. The molecule has 0 saturated heterocycles. The highest BCUT2D eigenvalue weighted by molar-refractivity contribution is 5.75. The SMILES string of the molecule is CCOc1cccc(CCN)c1OCCC(=O)NC. The van der Waals surface area contributed by atoms with E-state index in [9.17, 15) is 4.79 Å². The molecule has 19 heavy (non-hydrogen) atoms. The van der Waals surface area contributed by atoms with Crippen LogP contribution in [0.4, 0.5) is 0 Å². The van der Waals surface area contributed by atoms with Crippen LogP contribution in [0.1, 0.15) is 18.9 Å². The Balaban J connectivity index is 2.78. The summed E-state index contributed by atoms with van der Waals surface area (Å²) in [5.41, 5.74) is 6.60. The van der Waals surface area contributed by atoms with Gasteiger partial charge in [0.25, 0.3) is 0 Å². The molecule has 0 bridgehead atoms. The molecule has 0 atom stereocenters. The summed E-state index contributed by atoms with van der Waals surface area (Å²) in [4.78, 5) is 11.2. The topological polar surface area (TPSA) is 73.6 Å². The van der Waals surface area contributed by atoms with Crippen molar-refractivity contribution >= 4 is 5.91 Å². The number of nitrogens with one attached hydrogen (secondary N) is 1. The molecular weight excluding hydrogens is 244 g/mol. The van der Waals surface area contributed by atoms with Gasteiger partial charge in [-0.25, -0.2) is 0 Å². The molecule has 0 aliphatic rings. The number of para-hydroxylation sites is 1. The van der Waals surface area contributed by atoms with Crippen molar-refractivity contribution in [2.45, 2.75) is 19.8 Å². The highest BCUT2D eigenvalue weighted by atomic mass is 16.5. The average molecular weight is 266 g/mol. The Morgan fingerprint density at radius 2 is 2.16 bits per heavy atom. The van der Waals surface area contributed by atoms with Crippen LogP contribution in [0.15, 0.2) is 18.2 Å². The van der Waals surface area contributed by atoms with E-state index in [2.05, 4.69) is 5.32 Å². The second-order valence-corrected chi connectivity index (χ2v) is 3.99.